The van der Waals surface area contributed by atoms with Gasteiger partial charge in [-0.2, -0.15) is 0 Å². The summed E-state index contributed by atoms with van der Waals surface area (Å²) in [5, 5.41) is 2.99. The second kappa shape index (κ2) is 8.37. The van der Waals surface area contributed by atoms with E-state index in [1.165, 1.54) is 0 Å². The Kier molecular flexibility index (Phi) is 7.16. The van der Waals surface area contributed by atoms with Crippen LogP contribution in [0.15, 0.2) is 22.8 Å². The Labute approximate surface area is 130 Å². The first-order valence-corrected chi connectivity index (χ1v) is 7.85. The molecule has 1 rings (SSSR count). The number of rotatable bonds is 7. The van der Waals surface area contributed by atoms with Gasteiger partial charge in [-0.1, -0.05) is 26.7 Å². The van der Waals surface area contributed by atoms with Crippen LogP contribution >= 0.6 is 15.9 Å². The van der Waals surface area contributed by atoms with Crippen LogP contribution in [0.2, 0.25) is 0 Å². The van der Waals surface area contributed by atoms with E-state index >= 15 is 0 Å². The van der Waals surface area contributed by atoms with Crippen LogP contribution < -0.4 is 5.32 Å². The Balaban J connectivity index is 2.63. The molecule has 1 unspecified atom stereocenters. The molecule has 0 aliphatic heterocycles. The third-order valence-corrected chi connectivity index (χ3v) is 4.16. The highest BCUT2D eigenvalue weighted by Crippen LogP contribution is 2.16. The number of pyridine rings is 1. The van der Waals surface area contributed by atoms with Crippen LogP contribution in [0.5, 0.6) is 0 Å². The molecule has 20 heavy (non-hydrogen) atoms. The third-order valence-electron chi connectivity index (χ3n) is 3.69. The second-order valence-corrected chi connectivity index (χ2v) is 6.09. The molecule has 1 heterocycles. The molecular weight excluding hydrogens is 318 g/mol. The lowest BCUT2D eigenvalue weighted by Gasteiger charge is -2.31. The summed E-state index contributed by atoms with van der Waals surface area (Å²) in [7, 11) is 4.13. The van der Waals surface area contributed by atoms with E-state index in [2.05, 4.69) is 59.1 Å². The predicted octanol–water partition coefficient (Wildman–Crippen LogP) is 2.94. The smallest absolute Gasteiger partial charge is 0.269 e. The Morgan fingerprint density at radius 1 is 1.35 bits per heavy atom. The molecular formula is C15H24BrN3O. The minimum absolute atomic E-state index is 0.115. The average molecular weight is 342 g/mol. The second-order valence-electron chi connectivity index (χ2n) is 5.18. The van der Waals surface area contributed by atoms with Crippen LogP contribution in [0.3, 0.4) is 0 Å². The van der Waals surface area contributed by atoms with Gasteiger partial charge in [0.05, 0.1) is 0 Å². The molecule has 0 aliphatic rings. The van der Waals surface area contributed by atoms with E-state index in [9.17, 15) is 4.79 Å². The zero-order valence-electron chi connectivity index (χ0n) is 12.7. The van der Waals surface area contributed by atoms with E-state index in [1.54, 1.807) is 12.3 Å². The molecule has 4 nitrogen and oxygen atoms in total. The summed E-state index contributed by atoms with van der Waals surface area (Å²) in [5.41, 5.74) is 0.454. The summed E-state index contributed by atoms with van der Waals surface area (Å²) < 4.78 is 0.872. The molecule has 1 amide bonds. The van der Waals surface area contributed by atoms with Gasteiger partial charge in [0.25, 0.3) is 5.91 Å². The van der Waals surface area contributed by atoms with Gasteiger partial charge in [-0.05, 0) is 48.1 Å². The molecule has 0 saturated heterocycles. The monoisotopic (exact) mass is 341 g/mol. The van der Waals surface area contributed by atoms with Gasteiger partial charge in [0.15, 0.2) is 0 Å². The molecule has 1 atom stereocenters. The van der Waals surface area contributed by atoms with Crippen molar-refractivity contribution in [3.8, 4) is 0 Å². The minimum atomic E-state index is -0.115. The van der Waals surface area contributed by atoms with Crippen LogP contribution in [0.25, 0.3) is 0 Å². The number of nitrogens with one attached hydrogen (secondary N) is 1. The summed E-state index contributed by atoms with van der Waals surface area (Å²) in [5.74, 6) is 0.471. The number of carbonyl (C=O) groups is 1. The first kappa shape index (κ1) is 17.1. The molecule has 0 aliphatic carbocycles. The maximum Gasteiger partial charge on any atom is 0.269 e. The molecule has 0 aromatic carbocycles. The van der Waals surface area contributed by atoms with Crippen molar-refractivity contribution in [2.45, 2.75) is 32.7 Å². The zero-order chi connectivity index (χ0) is 15.1. The van der Waals surface area contributed by atoms with Crippen molar-refractivity contribution in [3.63, 3.8) is 0 Å². The van der Waals surface area contributed by atoms with Crippen molar-refractivity contribution in [2.75, 3.05) is 20.6 Å². The molecule has 112 valence electrons. The Bertz CT molecular complexity index is 416. The molecule has 0 saturated carbocycles. The van der Waals surface area contributed by atoms with E-state index in [-0.39, 0.29) is 5.91 Å². The van der Waals surface area contributed by atoms with Crippen LogP contribution in [0.1, 0.15) is 37.2 Å². The Morgan fingerprint density at radius 2 is 2.00 bits per heavy atom. The number of aromatic nitrogens is 1. The van der Waals surface area contributed by atoms with Gasteiger partial charge in [0.1, 0.15) is 5.69 Å². The van der Waals surface area contributed by atoms with Gasteiger partial charge in [0.2, 0.25) is 0 Å². The van der Waals surface area contributed by atoms with E-state index in [0.29, 0.717) is 24.2 Å². The largest absolute Gasteiger partial charge is 0.349 e. The number of halogens is 1. The SMILES string of the molecule is CCC(CC)C(CNC(=O)c1ccc(Br)cn1)N(C)C. The molecule has 1 aromatic heterocycles. The van der Waals surface area contributed by atoms with Crippen molar-refractivity contribution >= 4 is 21.8 Å². The van der Waals surface area contributed by atoms with Crippen molar-refractivity contribution in [1.29, 1.82) is 0 Å². The van der Waals surface area contributed by atoms with Gasteiger partial charge >= 0.3 is 0 Å². The van der Waals surface area contributed by atoms with E-state index in [0.717, 1.165) is 17.3 Å². The highest BCUT2D eigenvalue weighted by atomic mass is 79.9. The number of nitrogens with zero attached hydrogens (tertiary/aromatic N) is 2. The maximum absolute atomic E-state index is 12.1. The molecule has 0 fully saturated rings. The number of likely N-dealkylation sites (N-methyl/N-ethyl adjacent to an activating group) is 1. The van der Waals surface area contributed by atoms with E-state index in [1.807, 2.05) is 6.07 Å². The molecule has 0 bridgehead atoms. The van der Waals surface area contributed by atoms with E-state index < -0.39 is 0 Å². The third kappa shape index (κ3) is 4.87. The highest BCUT2D eigenvalue weighted by Gasteiger charge is 2.21. The van der Waals surface area contributed by atoms with Crippen LogP contribution in [0, 0.1) is 5.92 Å². The topological polar surface area (TPSA) is 45.2 Å². The zero-order valence-corrected chi connectivity index (χ0v) is 14.3. The highest BCUT2D eigenvalue weighted by molar-refractivity contribution is 9.10. The van der Waals surface area contributed by atoms with Crippen LogP contribution in [-0.2, 0) is 0 Å². The summed E-state index contributed by atoms with van der Waals surface area (Å²) in [6.07, 6.45) is 3.87. The number of hydrogen-bond donors (Lipinski definition) is 1. The minimum Gasteiger partial charge on any atom is -0.349 e. The van der Waals surface area contributed by atoms with Crippen molar-refractivity contribution in [2.24, 2.45) is 5.92 Å². The predicted molar refractivity (Wildman–Crippen MR) is 85.8 cm³/mol. The quantitative estimate of drug-likeness (QED) is 0.829. The molecule has 0 spiro atoms. The summed E-state index contributed by atoms with van der Waals surface area (Å²) >= 11 is 3.31. The normalized spacial score (nSPS) is 12.8. The number of amides is 1. The summed E-state index contributed by atoms with van der Waals surface area (Å²) in [6, 6.07) is 3.90. The van der Waals surface area contributed by atoms with Gasteiger partial charge in [-0.3, -0.25) is 4.79 Å². The standard InChI is InChI=1S/C15H24BrN3O/c1-5-11(6-2)14(19(3)4)10-18-15(20)13-8-7-12(16)9-17-13/h7-9,11,14H,5-6,10H2,1-4H3,(H,18,20). The first-order chi connectivity index (χ1) is 9.49. The van der Waals surface area contributed by atoms with Crippen molar-refractivity contribution in [1.82, 2.24) is 15.2 Å². The Hall–Kier alpha value is -0.940. The fourth-order valence-electron chi connectivity index (χ4n) is 2.40. The fraction of sp³-hybridized carbons (Fsp3) is 0.600. The summed E-state index contributed by atoms with van der Waals surface area (Å²) in [6.45, 7) is 5.04. The van der Waals surface area contributed by atoms with Crippen molar-refractivity contribution in [3.05, 3.63) is 28.5 Å². The Morgan fingerprint density at radius 3 is 2.45 bits per heavy atom. The van der Waals surface area contributed by atoms with Gasteiger partial charge in [0, 0.05) is 23.3 Å². The average Bonchev–Trinajstić information content (AvgIpc) is 2.43. The van der Waals surface area contributed by atoms with Gasteiger partial charge in [-0.25, -0.2) is 4.98 Å². The lowest BCUT2D eigenvalue weighted by molar-refractivity contribution is 0.0924. The van der Waals surface area contributed by atoms with Crippen LogP contribution in [0.4, 0.5) is 0 Å². The first-order valence-electron chi connectivity index (χ1n) is 7.05. The van der Waals surface area contributed by atoms with E-state index in [4.69, 9.17) is 0 Å². The van der Waals surface area contributed by atoms with Crippen LogP contribution in [-0.4, -0.2) is 42.5 Å². The lowest BCUT2D eigenvalue weighted by atomic mass is 9.93. The lowest BCUT2D eigenvalue weighted by Crippen LogP contribution is -2.44. The maximum atomic E-state index is 12.1. The number of hydrogen-bond acceptors (Lipinski definition) is 3. The number of carbonyl (C=O) groups excluding carboxylic acids is 1. The van der Waals surface area contributed by atoms with Gasteiger partial charge in [-0.15, -0.1) is 0 Å². The summed E-state index contributed by atoms with van der Waals surface area (Å²) in [4.78, 5) is 18.4. The molecule has 5 heteroatoms. The molecule has 1 N–H and O–H groups in total. The van der Waals surface area contributed by atoms with Gasteiger partial charge < -0.3 is 10.2 Å². The van der Waals surface area contributed by atoms with Crippen molar-refractivity contribution < 1.29 is 4.79 Å². The fourth-order valence-corrected chi connectivity index (χ4v) is 2.64. The molecule has 1 aromatic rings. The molecule has 0 radical (unpaired) electrons.